The van der Waals surface area contributed by atoms with Crippen LogP contribution in [0, 0.1) is 0 Å². The zero-order valence-electron chi connectivity index (χ0n) is 9.01. The fourth-order valence-electron chi connectivity index (χ4n) is 1.70. The predicted molar refractivity (Wildman–Crippen MR) is 67.0 cm³/mol. The van der Waals surface area contributed by atoms with Gasteiger partial charge in [0.25, 0.3) is 0 Å². The van der Waals surface area contributed by atoms with Crippen molar-refractivity contribution in [3.63, 3.8) is 0 Å². The molecule has 1 N–H and O–H groups in total. The Kier molecular flexibility index (Phi) is 3.27. The second kappa shape index (κ2) is 4.70. The molecular formula is C14H11ClO2. The molecule has 2 rings (SSSR count). The van der Waals surface area contributed by atoms with Crippen LogP contribution in [0.2, 0.25) is 5.02 Å². The molecule has 2 nitrogen and oxygen atoms in total. The molecule has 0 aliphatic rings. The molecule has 0 heterocycles. The first-order valence-electron chi connectivity index (χ1n) is 5.17. The maximum absolute atomic E-state index is 11.2. The van der Waals surface area contributed by atoms with Crippen LogP contribution in [-0.4, -0.2) is 11.4 Å². The molecule has 86 valence electrons. The second-order valence-corrected chi connectivity index (χ2v) is 4.19. The summed E-state index contributed by atoms with van der Waals surface area (Å²) in [6, 6.07) is 15.4. The highest BCUT2D eigenvalue weighted by atomic mass is 35.5. The van der Waals surface area contributed by atoms with Gasteiger partial charge in [-0.25, -0.2) is 0 Å². The minimum absolute atomic E-state index is 0.503. The van der Waals surface area contributed by atoms with E-state index in [4.69, 9.17) is 11.6 Å². The van der Waals surface area contributed by atoms with Crippen LogP contribution in [0.1, 0.15) is 11.1 Å². The average molecular weight is 247 g/mol. The SMILES string of the molecule is O=CC(O)(c1ccccc1)c1ccc(Cl)cc1. The first kappa shape index (κ1) is 11.8. The van der Waals surface area contributed by atoms with Crippen LogP contribution in [0.3, 0.4) is 0 Å². The van der Waals surface area contributed by atoms with Crippen LogP contribution in [0.5, 0.6) is 0 Å². The fraction of sp³-hybridized carbons (Fsp3) is 0.0714. The van der Waals surface area contributed by atoms with E-state index in [-0.39, 0.29) is 0 Å². The number of hydrogen-bond acceptors (Lipinski definition) is 2. The lowest BCUT2D eigenvalue weighted by atomic mass is 9.88. The van der Waals surface area contributed by atoms with Crippen molar-refractivity contribution in [2.24, 2.45) is 0 Å². The zero-order valence-corrected chi connectivity index (χ0v) is 9.76. The Bertz CT molecular complexity index is 508. The minimum Gasteiger partial charge on any atom is -0.373 e. The number of rotatable bonds is 3. The Morgan fingerprint density at radius 1 is 0.941 bits per heavy atom. The Morgan fingerprint density at radius 2 is 1.47 bits per heavy atom. The summed E-state index contributed by atoms with van der Waals surface area (Å²) >= 11 is 5.78. The molecule has 3 heteroatoms. The molecule has 0 radical (unpaired) electrons. The number of aldehydes is 1. The first-order valence-corrected chi connectivity index (χ1v) is 5.55. The second-order valence-electron chi connectivity index (χ2n) is 3.76. The Morgan fingerprint density at radius 3 is 2.00 bits per heavy atom. The van der Waals surface area contributed by atoms with Crippen molar-refractivity contribution >= 4 is 17.9 Å². The predicted octanol–water partition coefficient (Wildman–Crippen LogP) is 2.77. The lowest BCUT2D eigenvalue weighted by molar-refractivity contribution is -0.121. The number of benzene rings is 2. The van der Waals surface area contributed by atoms with Gasteiger partial charge in [-0.05, 0) is 23.3 Å². The Hall–Kier alpha value is -1.64. The highest BCUT2D eigenvalue weighted by Crippen LogP contribution is 2.28. The summed E-state index contributed by atoms with van der Waals surface area (Å²) < 4.78 is 0. The maximum atomic E-state index is 11.2. The molecule has 0 fully saturated rings. The summed E-state index contributed by atoms with van der Waals surface area (Å²) in [5.74, 6) is 0. The van der Waals surface area contributed by atoms with E-state index in [1.807, 2.05) is 6.07 Å². The number of hydrogen-bond donors (Lipinski definition) is 1. The molecule has 2 aromatic carbocycles. The third kappa shape index (κ3) is 2.23. The van der Waals surface area contributed by atoms with Crippen LogP contribution < -0.4 is 0 Å². The van der Waals surface area contributed by atoms with E-state index in [0.717, 1.165) is 0 Å². The molecule has 0 aliphatic heterocycles. The number of carbonyl (C=O) groups excluding carboxylic acids is 1. The molecule has 0 aromatic heterocycles. The molecule has 17 heavy (non-hydrogen) atoms. The third-order valence-electron chi connectivity index (χ3n) is 2.67. The quantitative estimate of drug-likeness (QED) is 0.846. The van der Waals surface area contributed by atoms with E-state index in [1.54, 1.807) is 48.5 Å². The van der Waals surface area contributed by atoms with E-state index in [9.17, 15) is 9.90 Å². The summed E-state index contributed by atoms with van der Waals surface area (Å²) in [7, 11) is 0. The molecule has 0 saturated carbocycles. The van der Waals surface area contributed by atoms with Gasteiger partial charge in [0.1, 0.15) is 0 Å². The fourth-order valence-corrected chi connectivity index (χ4v) is 1.82. The van der Waals surface area contributed by atoms with Crippen LogP contribution in [0.25, 0.3) is 0 Å². The van der Waals surface area contributed by atoms with Crippen molar-refractivity contribution in [2.75, 3.05) is 0 Å². The molecule has 0 saturated heterocycles. The maximum Gasteiger partial charge on any atom is 0.170 e. The number of halogens is 1. The molecule has 1 atom stereocenters. The summed E-state index contributed by atoms with van der Waals surface area (Å²) in [5.41, 5.74) is -0.577. The number of aliphatic hydroxyl groups is 1. The van der Waals surface area contributed by atoms with E-state index in [0.29, 0.717) is 22.4 Å². The molecule has 2 aromatic rings. The topological polar surface area (TPSA) is 37.3 Å². The minimum atomic E-state index is -1.62. The van der Waals surface area contributed by atoms with Gasteiger partial charge in [-0.15, -0.1) is 0 Å². The molecule has 0 amide bonds. The van der Waals surface area contributed by atoms with Crippen molar-refractivity contribution in [1.29, 1.82) is 0 Å². The van der Waals surface area contributed by atoms with Crippen molar-refractivity contribution in [3.05, 3.63) is 70.7 Å². The van der Waals surface area contributed by atoms with Gasteiger partial charge in [-0.2, -0.15) is 0 Å². The summed E-state index contributed by atoms with van der Waals surface area (Å²) in [5, 5.41) is 11.0. The smallest absolute Gasteiger partial charge is 0.170 e. The van der Waals surface area contributed by atoms with Crippen molar-refractivity contribution in [1.82, 2.24) is 0 Å². The Balaban J connectivity index is 2.51. The zero-order chi connectivity index (χ0) is 12.3. The van der Waals surface area contributed by atoms with Gasteiger partial charge < -0.3 is 5.11 Å². The van der Waals surface area contributed by atoms with Crippen LogP contribution in [0.4, 0.5) is 0 Å². The summed E-state index contributed by atoms with van der Waals surface area (Å²) in [6.07, 6.45) is 0.533. The van der Waals surface area contributed by atoms with Crippen molar-refractivity contribution in [2.45, 2.75) is 5.60 Å². The number of carbonyl (C=O) groups is 1. The lowest BCUT2D eigenvalue weighted by Crippen LogP contribution is -2.28. The molecular weight excluding hydrogens is 236 g/mol. The highest BCUT2D eigenvalue weighted by Gasteiger charge is 2.30. The average Bonchev–Trinajstić information content (AvgIpc) is 2.40. The van der Waals surface area contributed by atoms with E-state index >= 15 is 0 Å². The van der Waals surface area contributed by atoms with Crippen LogP contribution >= 0.6 is 11.6 Å². The Labute approximate surface area is 104 Å². The molecule has 1 unspecified atom stereocenters. The van der Waals surface area contributed by atoms with Crippen LogP contribution in [-0.2, 0) is 10.4 Å². The summed E-state index contributed by atoms with van der Waals surface area (Å²) in [6.45, 7) is 0. The molecule has 0 bridgehead atoms. The molecule has 0 spiro atoms. The lowest BCUT2D eigenvalue weighted by Gasteiger charge is -2.22. The van der Waals surface area contributed by atoms with E-state index < -0.39 is 5.60 Å². The highest BCUT2D eigenvalue weighted by molar-refractivity contribution is 6.30. The molecule has 0 aliphatic carbocycles. The van der Waals surface area contributed by atoms with Crippen molar-refractivity contribution < 1.29 is 9.90 Å². The largest absolute Gasteiger partial charge is 0.373 e. The van der Waals surface area contributed by atoms with Gasteiger partial charge >= 0.3 is 0 Å². The van der Waals surface area contributed by atoms with E-state index in [2.05, 4.69) is 0 Å². The van der Waals surface area contributed by atoms with Crippen molar-refractivity contribution in [3.8, 4) is 0 Å². The van der Waals surface area contributed by atoms with Gasteiger partial charge in [0.15, 0.2) is 11.9 Å². The summed E-state index contributed by atoms with van der Waals surface area (Å²) in [4.78, 5) is 11.2. The first-order chi connectivity index (χ1) is 8.16. The van der Waals surface area contributed by atoms with E-state index in [1.165, 1.54) is 0 Å². The normalized spacial score (nSPS) is 14.0. The van der Waals surface area contributed by atoms with Gasteiger partial charge in [0.05, 0.1) is 0 Å². The van der Waals surface area contributed by atoms with Gasteiger partial charge in [0.2, 0.25) is 0 Å². The van der Waals surface area contributed by atoms with Gasteiger partial charge in [-0.1, -0.05) is 54.1 Å². The van der Waals surface area contributed by atoms with Crippen LogP contribution in [0.15, 0.2) is 54.6 Å². The monoisotopic (exact) mass is 246 g/mol. The standard InChI is InChI=1S/C14H11ClO2/c15-13-8-6-12(7-9-13)14(17,10-16)11-4-2-1-3-5-11/h1-10,17H. The third-order valence-corrected chi connectivity index (χ3v) is 2.92. The van der Waals surface area contributed by atoms with Gasteiger partial charge in [0, 0.05) is 5.02 Å². The van der Waals surface area contributed by atoms with Gasteiger partial charge in [-0.3, -0.25) is 4.79 Å².